The molecule has 0 heterocycles. The van der Waals surface area contributed by atoms with Crippen molar-refractivity contribution >= 4 is 37.5 Å². The molecule has 168 valence electrons. The molecule has 0 atom stereocenters. The molecule has 1 amide bonds. The van der Waals surface area contributed by atoms with E-state index in [1.807, 2.05) is 62.4 Å². The molecule has 1 N–H and O–H groups in total. The van der Waals surface area contributed by atoms with Crippen LogP contribution in [0.1, 0.15) is 23.6 Å². The highest BCUT2D eigenvalue weighted by Gasteiger charge is 2.27. The van der Waals surface area contributed by atoms with E-state index in [1.165, 1.54) is 4.31 Å². The predicted molar refractivity (Wildman–Crippen MR) is 132 cm³/mol. The number of rotatable bonds is 9. The molecule has 32 heavy (non-hydrogen) atoms. The van der Waals surface area contributed by atoms with Gasteiger partial charge < -0.3 is 5.32 Å². The summed E-state index contributed by atoms with van der Waals surface area (Å²) in [5.74, 6) is -0.359. The second kappa shape index (κ2) is 10.9. The third-order valence-corrected chi connectivity index (χ3v) is 7.66. The minimum absolute atomic E-state index is 0.159. The number of aryl methyl sites for hydroxylation is 2. The standard InChI is InChI=1S/C25H27BrN2O3S/c1-3-21-11-7-8-19(2)25(21)27-24(29)18-28(17-16-20-9-5-4-6-10-20)32(30,31)23-14-12-22(26)13-15-23/h4-15H,3,16-18H2,1-2H3,(H,27,29). The highest BCUT2D eigenvalue weighted by molar-refractivity contribution is 9.10. The summed E-state index contributed by atoms with van der Waals surface area (Å²) in [7, 11) is -3.85. The zero-order chi connectivity index (χ0) is 23.1. The van der Waals surface area contributed by atoms with Crippen LogP contribution in [0.2, 0.25) is 0 Å². The summed E-state index contributed by atoms with van der Waals surface area (Å²) >= 11 is 3.34. The van der Waals surface area contributed by atoms with Gasteiger partial charge in [0, 0.05) is 16.7 Å². The van der Waals surface area contributed by atoms with Gasteiger partial charge in [-0.3, -0.25) is 4.79 Å². The number of hydrogen-bond acceptors (Lipinski definition) is 3. The summed E-state index contributed by atoms with van der Waals surface area (Å²) in [6.07, 6.45) is 1.28. The number of para-hydroxylation sites is 1. The van der Waals surface area contributed by atoms with Gasteiger partial charge in [-0.05, 0) is 60.7 Å². The molecule has 0 radical (unpaired) electrons. The maximum Gasteiger partial charge on any atom is 0.243 e. The number of carbonyl (C=O) groups excluding carboxylic acids is 1. The topological polar surface area (TPSA) is 66.5 Å². The Morgan fingerprint density at radius 2 is 1.66 bits per heavy atom. The van der Waals surface area contributed by atoms with Crippen molar-refractivity contribution < 1.29 is 13.2 Å². The van der Waals surface area contributed by atoms with Crippen molar-refractivity contribution in [2.24, 2.45) is 0 Å². The smallest absolute Gasteiger partial charge is 0.243 e. The molecule has 5 nitrogen and oxygen atoms in total. The molecule has 0 aromatic heterocycles. The van der Waals surface area contributed by atoms with Crippen LogP contribution >= 0.6 is 15.9 Å². The number of halogens is 1. The zero-order valence-corrected chi connectivity index (χ0v) is 20.6. The van der Waals surface area contributed by atoms with Crippen LogP contribution in [0.5, 0.6) is 0 Å². The van der Waals surface area contributed by atoms with E-state index in [0.29, 0.717) is 6.42 Å². The molecule has 7 heteroatoms. The number of benzene rings is 3. The lowest BCUT2D eigenvalue weighted by Crippen LogP contribution is -2.39. The Morgan fingerprint density at radius 3 is 2.31 bits per heavy atom. The summed E-state index contributed by atoms with van der Waals surface area (Å²) < 4.78 is 28.8. The second-order valence-corrected chi connectivity index (χ2v) is 10.4. The van der Waals surface area contributed by atoms with Gasteiger partial charge >= 0.3 is 0 Å². The molecular weight excluding hydrogens is 488 g/mol. The molecule has 0 bridgehead atoms. The van der Waals surface area contributed by atoms with Crippen LogP contribution < -0.4 is 5.32 Å². The number of anilines is 1. The van der Waals surface area contributed by atoms with Gasteiger partial charge in [0.15, 0.2) is 0 Å². The zero-order valence-electron chi connectivity index (χ0n) is 18.2. The summed E-state index contributed by atoms with van der Waals surface area (Å²) in [6.45, 7) is 3.89. The largest absolute Gasteiger partial charge is 0.324 e. The van der Waals surface area contributed by atoms with E-state index in [9.17, 15) is 13.2 Å². The van der Waals surface area contributed by atoms with E-state index in [2.05, 4.69) is 21.2 Å². The molecule has 0 saturated carbocycles. The maximum absolute atomic E-state index is 13.4. The van der Waals surface area contributed by atoms with Gasteiger partial charge in [0.25, 0.3) is 0 Å². The number of nitrogens with one attached hydrogen (secondary N) is 1. The summed E-state index contributed by atoms with van der Waals surface area (Å²) in [4.78, 5) is 13.1. The molecule has 3 aromatic rings. The molecular formula is C25H27BrN2O3S. The molecule has 0 saturated heterocycles. The Bertz CT molecular complexity index is 1160. The second-order valence-electron chi connectivity index (χ2n) is 7.54. The molecule has 0 aliphatic carbocycles. The van der Waals surface area contributed by atoms with Crippen LogP contribution in [-0.2, 0) is 27.7 Å². The number of amides is 1. The Kier molecular flexibility index (Phi) is 8.23. The average molecular weight is 515 g/mol. The average Bonchev–Trinajstić information content (AvgIpc) is 2.79. The van der Waals surface area contributed by atoms with Gasteiger partial charge in [0.1, 0.15) is 0 Å². The van der Waals surface area contributed by atoms with Crippen LogP contribution in [0, 0.1) is 6.92 Å². The molecule has 0 unspecified atom stereocenters. The lowest BCUT2D eigenvalue weighted by molar-refractivity contribution is -0.116. The van der Waals surface area contributed by atoms with Crippen molar-refractivity contribution in [3.05, 3.63) is 94.0 Å². The van der Waals surface area contributed by atoms with Crippen LogP contribution in [0.25, 0.3) is 0 Å². The van der Waals surface area contributed by atoms with Crippen molar-refractivity contribution in [1.29, 1.82) is 0 Å². The van der Waals surface area contributed by atoms with Crippen molar-refractivity contribution in [2.45, 2.75) is 31.6 Å². The number of carbonyl (C=O) groups is 1. The highest BCUT2D eigenvalue weighted by Crippen LogP contribution is 2.22. The molecule has 0 aliphatic heterocycles. The Hall–Kier alpha value is -2.48. The molecule has 0 fully saturated rings. The minimum Gasteiger partial charge on any atom is -0.324 e. The van der Waals surface area contributed by atoms with E-state index < -0.39 is 10.0 Å². The van der Waals surface area contributed by atoms with Gasteiger partial charge in [-0.2, -0.15) is 4.31 Å². The quantitative estimate of drug-likeness (QED) is 0.427. The molecule has 0 spiro atoms. The first kappa shape index (κ1) is 24.2. The number of hydrogen-bond donors (Lipinski definition) is 1. The fourth-order valence-electron chi connectivity index (χ4n) is 3.48. The fraction of sp³-hybridized carbons (Fsp3) is 0.240. The van der Waals surface area contributed by atoms with Gasteiger partial charge in [0.05, 0.1) is 11.4 Å². The Morgan fingerprint density at radius 1 is 0.969 bits per heavy atom. The maximum atomic E-state index is 13.4. The van der Waals surface area contributed by atoms with E-state index in [1.54, 1.807) is 24.3 Å². The van der Waals surface area contributed by atoms with Crippen LogP contribution in [0.4, 0.5) is 5.69 Å². The minimum atomic E-state index is -3.85. The number of sulfonamides is 1. The van der Waals surface area contributed by atoms with Crippen LogP contribution in [-0.4, -0.2) is 31.7 Å². The molecule has 3 aromatic carbocycles. The van der Waals surface area contributed by atoms with Crippen molar-refractivity contribution in [1.82, 2.24) is 4.31 Å². The monoisotopic (exact) mass is 514 g/mol. The first-order valence-corrected chi connectivity index (χ1v) is 12.7. The normalized spacial score (nSPS) is 11.5. The first-order valence-electron chi connectivity index (χ1n) is 10.5. The van der Waals surface area contributed by atoms with Crippen molar-refractivity contribution in [3.8, 4) is 0 Å². The lowest BCUT2D eigenvalue weighted by Gasteiger charge is -2.23. The van der Waals surface area contributed by atoms with E-state index in [4.69, 9.17) is 0 Å². The van der Waals surface area contributed by atoms with E-state index in [-0.39, 0.29) is 23.9 Å². The third kappa shape index (κ3) is 6.06. The van der Waals surface area contributed by atoms with Gasteiger partial charge in [-0.15, -0.1) is 0 Å². The predicted octanol–water partition coefficient (Wildman–Crippen LogP) is 5.19. The first-order chi connectivity index (χ1) is 15.3. The van der Waals surface area contributed by atoms with E-state index in [0.717, 1.165) is 33.3 Å². The third-order valence-electron chi connectivity index (χ3n) is 5.27. The molecule has 3 rings (SSSR count). The summed E-state index contributed by atoms with van der Waals surface area (Å²) in [6, 6.07) is 22.0. The van der Waals surface area contributed by atoms with Gasteiger partial charge in [0.2, 0.25) is 15.9 Å². The Balaban J connectivity index is 1.85. The lowest BCUT2D eigenvalue weighted by atomic mass is 10.1. The van der Waals surface area contributed by atoms with E-state index >= 15 is 0 Å². The highest BCUT2D eigenvalue weighted by atomic mass is 79.9. The fourth-order valence-corrected chi connectivity index (χ4v) is 5.14. The van der Waals surface area contributed by atoms with Gasteiger partial charge in [-0.1, -0.05) is 71.4 Å². The van der Waals surface area contributed by atoms with Crippen LogP contribution in [0.15, 0.2) is 82.2 Å². The summed E-state index contributed by atoms with van der Waals surface area (Å²) in [5, 5.41) is 2.94. The van der Waals surface area contributed by atoms with Gasteiger partial charge in [-0.25, -0.2) is 8.42 Å². The molecule has 0 aliphatic rings. The number of nitrogens with zero attached hydrogens (tertiary/aromatic N) is 1. The summed E-state index contributed by atoms with van der Waals surface area (Å²) in [5.41, 5.74) is 3.73. The van der Waals surface area contributed by atoms with Crippen molar-refractivity contribution in [3.63, 3.8) is 0 Å². The SMILES string of the molecule is CCc1cccc(C)c1NC(=O)CN(CCc1ccccc1)S(=O)(=O)c1ccc(Br)cc1. The van der Waals surface area contributed by atoms with Crippen LogP contribution in [0.3, 0.4) is 0 Å². The van der Waals surface area contributed by atoms with Crippen molar-refractivity contribution in [2.75, 3.05) is 18.4 Å². The Labute approximate surface area is 198 Å².